The van der Waals surface area contributed by atoms with Crippen LogP contribution in [0.5, 0.6) is 0 Å². The highest BCUT2D eigenvalue weighted by molar-refractivity contribution is 7.89. The quantitative estimate of drug-likeness (QED) is 0.266. The van der Waals surface area contributed by atoms with Gasteiger partial charge in [-0.25, -0.2) is 8.42 Å². The first-order valence-electron chi connectivity index (χ1n) is 11.8. The van der Waals surface area contributed by atoms with Crippen molar-refractivity contribution in [2.75, 3.05) is 25.0 Å². The Hall–Kier alpha value is -2.82. The third-order valence-corrected chi connectivity index (χ3v) is 7.69. The van der Waals surface area contributed by atoms with E-state index in [0.29, 0.717) is 31.8 Å². The van der Waals surface area contributed by atoms with E-state index in [0.717, 1.165) is 25.7 Å². The second-order valence-electron chi connectivity index (χ2n) is 8.30. The van der Waals surface area contributed by atoms with E-state index in [1.54, 1.807) is 12.1 Å². The molecule has 0 aliphatic carbocycles. The van der Waals surface area contributed by atoms with Crippen LogP contribution in [0.3, 0.4) is 0 Å². The summed E-state index contributed by atoms with van der Waals surface area (Å²) in [6, 6.07) is 16.2. The van der Waals surface area contributed by atoms with Crippen molar-refractivity contribution in [3.05, 3.63) is 60.2 Å². The number of amides is 1. The summed E-state index contributed by atoms with van der Waals surface area (Å²) in [6.45, 7) is 1.45. The standard InChI is InChI=1S/C25H31N3O5S2/c29-23(11-6-12-24(30)33-19-7-10-20-8-2-1-3-9-20)27-25(34)26-21-13-15-22(16-14-21)35(31,32)28-17-4-5-18-28/h1-3,8-9,13-16H,4-7,10-12,17-19H2,(H2,26,27,29,34). The SMILES string of the molecule is O=C(CCCC(=O)OCCCc1ccccc1)NC(=S)Nc1ccc(S(=O)(=O)N2CCCC2)cc1. The molecule has 1 saturated heterocycles. The van der Waals surface area contributed by atoms with Gasteiger partial charge in [-0.3, -0.25) is 9.59 Å². The van der Waals surface area contributed by atoms with Gasteiger partial charge in [-0.2, -0.15) is 4.31 Å². The maximum atomic E-state index is 12.6. The highest BCUT2D eigenvalue weighted by atomic mass is 32.2. The number of sulfonamides is 1. The third-order valence-electron chi connectivity index (χ3n) is 5.57. The zero-order chi connectivity index (χ0) is 25.1. The summed E-state index contributed by atoms with van der Waals surface area (Å²) in [5.41, 5.74) is 1.77. The molecule has 0 radical (unpaired) electrons. The molecule has 1 aliphatic heterocycles. The van der Waals surface area contributed by atoms with Crippen molar-refractivity contribution in [2.24, 2.45) is 0 Å². The summed E-state index contributed by atoms with van der Waals surface area (Å²) < 4.78 is 31.9. The molecule has 0 bridgehead atoms. The Balaban J connectivity index is 1.30. The molecule has 2 aromatic rings. The van der Waals surface area contributed by atoms with Crippen LogP contribution in [0, 0.1) is 0 Å². The first-order valence-corrected chi connectivity index (χ1v) is 13.6. The number of hydrogen-bond donors (Lipinski definition) is 2. The van der Waals surface area contributed by atoms with Crippen molar-refractivity contribution in [1.82, 2.24) is 9.62 Å². The predicted octanol–water partition coefficient (Wildman–Crippen LogP) is 3.63. The van der Waals surface area contributed by atoms with E-state index < -0.39 is 10.0 Å². The summed E-state index contributed by atoms with van der Waals surface area (Å²) in [6.07, 6.45) is 4.00. The fourth-order valence-electron chi connectivity index (χ4n) is 3.71. The van der Waals surface area contributed by atoms with Gasteiger partial charge >= 0.3 is 5.97 Å². The molecule has 0 spiro atoms. The highest BCUT2D eigenvalue weighted by Gasteiger charge is 2.26. The molecule has 3 rings (SSSR count). The number of esters is 1. The van der Waals surface area contributed by atoms with Gasteiger partial charge in [-0.1, -0.05) is 30.3 Å². The van der Waals surface area contributed by atoms with Crippen LogP contribution in [0.4, 0.5) is 5.69 Å². The normalized spacial score (nSPS) is 13.8. The van der Waals surface area contributed by atoms with Crippen LogP contribution < -0.4 is 10.6 Å². The Kier molecular flexibility index (Phi) is 10.2. The fourth-order valence-corrected chi connectivity index (χ4v) is 5.46. The minimum absolute atomic E-state index is 0.105. The van der Waals surface area contributed by atoms with Crippen LogP contribution in [0.1, 0.15) is 44.1 Å². The zero-order valence-corrected chi connectivity index (χ0v) is 21.2. The molecule has 1 fully saturated rings. The molecule has 10 heteroatoms. The third kappa shape index (κ3) is 8.72. The Morgan fingerprint density at radius 1 is 0.943 bits per heavy atom. The summed E-state index contributed by atoms with van der Waals surface area (Å²) in [7, 11) is -3.48. The number of rotatable bonds is 11. The maximum absolute atomic E-state index is 12.6. The van der Waals surface area contributed by atoms with Gasteiger partial charge in [0.2, 0.25) is 15.9 Å². The Morgan fingerprint density at radius 3 is 2.31 bits per heavy atom. The lowest BCUT2D eigenvalue weighted by atomic mass is 10.1. The Labute approximate surface area is 212 Å². The number of aryl methyl sites for hydroxylation is 1. The predicted molar refractivity (Wildman–Crippen MR) is 138 cm³/mol. The molecular weight excluding hydrogens is 486 g/mol. The van der Waals surface area contributed by atoms with E-state index in [1.807, 2.05) is 30.3 Å². The van der Waals surface area contributed by atoms with Crippen molar-refractivity contribution in [3.63, 3.8) is 0 Å². The average molecular weight is 518 g/mol. The highest BCUT2D eigenvalue weighted by Crippen LogP contribution is 2.22. The number of benzene rings is 2. The van der Waals surface area contributed by atoms with E-state index in [4.69, 9.17) is 17.0 Å². The second-order valence-corrected chi connectivity index (χ2v) is 10.6. The second kappa shape index (κ2) is 13.3. The number of thiocarbonyl (C=S) groups is 1. The van der Waals surface area contributed by atoms with Gasteiger partial charge in [0.15, 0.2) is 5.11 Å². The molecule has 35 heavy (non-hydrogen) atoms. The molecule has 1 amide bonds. The van der Waals surface area contributed by atoms with Crippen LogP contribution in [0.15, 0.2) is 59.5 Å². The van der Waals surface area contributed by atoms with Gasteiger partial charge in [-0.05, 0) is 74.2 Å². The van der Waals surface area contributed by atoms with Crippen LogP contribution in [0.2, 0.25) is 0 Å². The van der Waals surface area contributed by atoms with Gasteiger partial charge in [0, 0.05) is 31.6 Å². The number of nitrogens with zero attached hydrogens (tertiary/aromatic N) is 1. The number of hydrogen-bond acceptors (Lipinski definition) is 6. The fraction of sp³-hybridized carbons (Fsp3) is 0.400. The lowest BCUT2D eigenvalue weighted by Gasteiger charge is -2.16. The smallest absolute Gasteiger partial charge is 0.305 e. The number of nitrogens with one attached hydrogen (secondary N) is 2. The number of anilines is 1. The Bertz CT molecular complexity index is 1100. The summed E-state index contributed by atoms with van der Waals surface area (Å²) >= 11 is 5.16. The average Bonchev–Trinajstić information content (AvgIpc) is 3.39. The monoisotopic (exact) mass is 517 g/mol. The van der Waals surface area contributed by atoms with Crippen molar-refractivity contribution in [3.8, 4) is 0 Å². The largest absolute Gasteiger partial charge is 0.466 e. The van der Waals surface area contributed by atoms with Crippen LogP contribution in [-0.2, 0) is 30.8 Å². The van der Waals surface area contributed by atoms with Gasteiger partial charge < -0.3 is 15.4 Å². The zero-order valence-electron chi connectivity index (χ0n) is 19.6. The summed E-state index contributed by atoms with van der Waals surface area (Å²) in [5, 5.41) is 5.54. The first-order chi connectivity index (χ1) is 16.8. The Morgan fingerprint density at radius 2 is 1.63 bits per heavy atom. The summed E-state index contributed by atoms with van der Waals surface area (Å²) in [4.78, 5) is 24.2. The summed E-state index contributed by atoms with van der Waals surface area (Å²) in [5.74, 6) is -0.636. The van der Waals surface area contributed by atoms with E-state index in [-0.39, 0.29) is 34.7 Å². The topological polar surface area (TPSA) is 105 Å². The number of carbonyl (C=O) groups excluding carboxylic acids is 2. The van der Waals surface area contributed by atoms with Crippen LogP contribution in [-0.4, -0.2) is 49.4 Å². The first kappa shape index (κ1) is 26.8. The molecule has 0 atom stereocenters. The molecule has 8 nitrogen and oxygen atoms in total. The van der Waals surface area contributed by atoms with E-state index >= 15 is 0 Å². The maximum Gasteiger partial charge on any atom is 0.305 e. The number of carbonyl (C=O) groups is 2. The minimum Gasteiger partial charge on any atom is -0.466 e. The molecule has 2 aromatic carbocycles. The molecule has 0 aromatic heterocycles. The molecule has 1 aliphatic rings. The van der Waals surface area contributed by atoms with Gasteiger partial charge in [-0.15, -0.1) is 0 Å². The van der Waals surface area contributed by atoms with E-state index in [2.05, 4.69) is 10.6 Å². The molecule has 0 saturated carbocycles. The molecule has 0 unspecified atom stereocenters. The van der Waals surface area contributed by atoms with Gasteiger partial charge in [0.05, 0.1) is 11.5 Å². The molecule has 1 heterocycles. The van der Waals surface area contributed by atoms with Gasteiger partial charge in [0.1, 0.15) is 0 Å². The van der Waals surface area contributed by atoms with Crippen LogP contribution >= 0.6 is 12.2 Å². The minimum atomic E-state index is -3.48. The van der Waals surface area contributed by atoms with Crippen molar-refractivity contribution < 1.29 is 22.7 Å². The lowest BCUT2D eigenvalue weighted by Crippen LogP contribution is -2.34. The van der Waals surface area contributed by atoms with Crippen molar-refractivity contribution in [1.29, 1.82) is 0 Å². The van der Waals surface area contributed by atoms with E-state index in [1.165, 1.54) is 22.0 Å². The molecular formula is C25H31N3O5S2. The van der Waals surface area contributed by atoms with Crippen LogP contribution in [0.25, 0.3) is 0 Å². The lowest BCUT2D eigenvalue weighted by molar-refractivity contribution is -0.143. The van der Waals surface area contributed by atoms with Crippen molar-refractivity contribution >= 4 is 44.9 Å². The number of ether oxygens (including phenoxy) is 1. The van der Waals surface area contributed by atoms with Gasteiger partial charge in [0.25, 0.3) is 0 Å². The molecule has 188 valence electrons. The van der Waals surface area contributed by atoms with E-state index in [9.17, 15) is 18.0 Å². The van der Waals surface area contributed by atoms with Crippen molar-refractivity contribution in [2.45, 2.75) is 49.8 Å². The molecule has 2 N–H and O–H groups in total.